The van der Waals surface area contributed by atoms with Gasteiger partial charge in [0.2, 0.25) is 5.91 Å². The van der Waals surface area contributed by atoms with Crippen LogP contribution < -0.4 is 5.32 Å². The van der Waals surface area contributed by atoms with Crippen LogP contribution in [0.1, 0.15) is 39.8 Å². The average molecular weight is 323 g/mol. The Labute approximate surface area is 138 Å². The Morgan fingerprint density at radius 3 is 2.78 bits per heavy atom. The number of morpholine rings is 1. The third-order valence-electron chi connectivity index (χ3n) is 4.46. The van der Waals surface area contributed by atoms with Crippen LogP contribution in [-0.2, 0) is 21.5 Å². The molecule has 7 nitrogen and oxygen atoms in total. The molecule has 1 aromatic heterocycles. The molecule has 0 aromatic carbocycles. The SMILES string of the molecule is CCC(C)(C)c1cn(C[C@H](C)NC(=O)CN2CCOCC2)nn1. The molecule has 1 fully saturated rings. The van der Waals surface area contributed by atoms with Crippen molar-refractivity contribution in [2.24, 2.45) is 0 Å². The lowest BCUT2D eigenvalue weighted by Crippen LogP contribution is -2.46. The van der Waals surface area contributed by atoms with Crippen molar-refractivity contribution in [3.05, 3.63) is 11.9 Å². The van der Waals surface area contributed by atoms with Crippen LogP contribution in [0, 0.1) is 0 Å². The van der Waals surface area contributed by atoms with Crippen molar-refractivity contribution in [2.75, 3.05) is 32.8 Å². The van der Waals surface area contributed by atoms with Crippen molar-refractivity contribution in [3.8, 4) is 0 Å². The maximum atomic E-state index is 12.1. The fourth-order valence-electron chi connectivity index (χ4n) is 2.49. The van der Waals surface area contributed by atoms with Gasteiger partial charge in [-0.15, -0.1) is 5.10 Å². The first-order chi connectivity index (χ1) is 10.9. The molecule has 0 aliphatic carbocycles. The van der Waals surface area contributed by atoms with E-state index in [-0.39, 0.29) is 17.4 Å². The molecule has 1 aliphatic rings. The highest BCUT2D eigenvalue weighted by molar-refractivity contribution is 5.78. The van der Waals surface area contributed by atoms with Crippen LogP contribution in [0.15, 0.2) is 6.20 Å². The number of ether oxygens (including phenoxy) is 1. The lowest BCUT2D eigenvalue weighted by molar-refractivity contribution is -0.123. The number of hydrogen-bond acceptors (Lipinski definition) is 5. The van der Waals surface area contributed by atoms with E-state index in [1.165, 1.54) is 0 Å². The van der Waals surface area contributed by atoms with Gasteiger partial charge in [0.15, 0.2) is 0 Å². The van der Waals surface area contributed by atoms with E-state index in [1.807, 2.05) is 17.8 Å². The zero-order valence-electron chi connectivity index (χ0n) is 14.7. The molecule has 2 rings (SSSR count). The van der Waals surface area contributed by atoms with Crippen LogP contribution in [0.3, 0.4) is 0 Å². The lowest BCUT2D eigenvalue weighted by Gasteiger charge is -2.26. The predicted molar refractivity (Wildman–Crippen MR) is 88.2 cm³/mol. The van der Waals surface area contributed by atoms with E-state index < -0.39 is 0 Å². The van der Waals surface area contributed by atoms with E-state index >= 15 is 0 Å². The molecule has 1 atom stereocenters. The number of carbonyl (C=O) groups is 1. The summed E-state index contributed by atoms with van der Waals surface area (Å²) in [5.74, 6) is 0.0497. The molecule has 130 valence electrons. The van der Waals surface area contributed by atoms with Crippen LogP contribution in [0.25, 0.3) is 0 Å². The Bertz CT molecular complexity index is 508. The minimum Gasteiger partial charge on any atom is -0.379 e. The molecule has 1 N–H and O–H groups in total. The van der Waals surface area contributed by atoms with Crippen molar-refractivity contribution in [2.45, 2.75) is 52.1 Å². The van der Waals surface area contributed by atoms with E-state index in [1.54, 1.807) is 0 Å². The van der Waals surface area contributed by atoms with E-state index in [4.69, 9.17) is 4.74 Å². The lowest BCUT2D eigenvalue weighted by atomic mass is 9.87. The molecule has 1 aliphatic heterocycles. The predicted octanol–water partition coefficient (Wildman–Crippen LogP) is 0.803. The number of rotatable bonds is 7. The summed E-state index contributed by atoms with van der Waals surface area (Å²) < 4.78 is 7.10. The highest BCUT2D eigenvalue weighted by atomic mass is 16.5. The minimum atomic E-state index is 0.0165. The summed E-state index contributed by atoms with van der Waals surface area (Å²) in [6, 6.07) is 0.0165. The van der Waals surface area contributed by atoms with E-state index in [0.717, 1.165) is 25.2 Å². The summed E-state index contributed by atoms with van der Waals surface area (Å²) in [5.41, 5.74) is 1.02. The molecule has 0 saturated carbocycles. The fraction of sp³-hybridized carbons (Fsp3) is 0.812. The zero-order valence-corrected chi connectivity index (χ0v) is 14.7. The van der Waals surface area contributed by atoms with Gasteiger partial charge in [-0.05, 0) is 13.3 Å². The van der Waals surface area contributed by atoms with Crippen molar-refractivity contribution in [3.63, 3.8) is 0 Å². The quantitative estimate of drug-likeness (QED) is 0.804. The maximum Gasteiger partial charge on any atom is 0.234 e. The van der Waals surface area contributed by atoms with Crippen molar-refractivity contribution < 1.29 is 9.53 Å². The second-order valence-corrected chi connectivity index (χ2v) is 6.92. The number of aromatic nitrogens is 3. The van der Waals surface area contributed by atoms with Crippen molar-refractivity contribution >= 4 is 5.91 Å². The summed E-state index contributed by atoms with van der Waals surface area (Å²) in [7, 11) is 0. The molecule has 1 amide bonds. The smallest absolute Gasteiger partial charge is 0.234 e. The zero-order chi connectivity index (χ0) is 16.9. The summed E-state index contributed by atoms with van der Waals surface area (Å²) in [6.07, 6.45) is 2.99. The molecule has 0 spiro atoms. The average Bonchev–Trinajstić information content (AvgIpc) is 2.97. The standard InChI is InChI=1S/C16H29N5O2/c1-5-16(3,4)14-11-21(19-18-14)10-13(2)17-15(22)12-20-6-8-23-9-7-20/h11,13H,5-10,12H2,1-4H3,(H,17,22)/t13-/m0/s1. The molecule has 0 bridgehead atoms. The number of carbonyl (C=O) groups excluding carboxylic acids is 1. The van der Waals surface area contributed by atoms with Gasteiger partial charge in [0.1, 0.15) is 0 Å². The third-order valence-corrected chi connectivity index (χ3v) is 4.46. The van der Waals surface area contributed by atoms with Gasteiger partial charge in [-0.2, -0.15) is 0 Å². The summed E-state index contributed by atoms with van der Waals surface area (Å²) in [5, 5.41) is 11.5. The van der Waals surface area contributed by atoms with E-state index in [2.05, 4.69) is 41.3 Å². The first-order valence-corrected chi connectivity index (χ1v) is 8.41. The highest BCUT2D eigenvalue weighted by Crippen LogP contribution is 2.23. The monoisotopic (exact) mass is 323 g/mol. The third kappa shape index (κ3) is 5.28. The molecular weight excluding hydrogens is 294 g/mol. The Morgan fingerprint density at radius 1 is 1.43 bits per heavy atom. The maximum absolute atomic E-state index is 12.1. The summed E-state index contributed by atoms with van der Waals surface area (Å²) >= 11 is 0. The second-order valence-electron chi connectivity index (χ2n) is 6.92. The summed E-state index contributed by atoms with van der Waals surface area (Å²) in [4.78, 5) is 14.2. The highest BCUT2D eigenvalue weighted by Gasteiger charge is 2.22. The van der Waals surface area contributed by atoms with E-state index in [9.17, 15) is 4.79 Å². The molecule has 0 unspecified atom stereocenters. The van der Waals surface area contributed by atoms with Gasteiger partial charge in [0.25, 0.3) is 0 Å². The normalized spacial score (nSPS) is 17.9. The summed E-state index contributed by atoms with van der Waals surface area (Å²) in [6.45, 7) is 12.6. The number of amides is 1. The molecule has 2 heterocycles. The van der Waals surface area contributed by atoms with Gasteiger partial charge in [-0.25, -0.2) is 0 Å². The first-order valence-electron chi connectivity index (χ1n) is 8.41. The van der Waals surface area contributed by atoms with Crippen molar-refractivity contribution in [1.29, 1.82) is 0 Å². The molecular formula is C16H29N5O2. The first kappa shape index (κ1) is 17.9. The minimum absolute atomic E-state index is 0.0165. The fourth-order valence-corrected chi connectivity index (χ4v) is 2.49. The Hall–Kier alpha value is -1.47. The number of nitrogens with one attached hydrogen (secondary N) is 1. The molecule has 23 heavy (non-hydrogen) atoms. The van der Waals surface area contributed by atoms with Crippen LogP contribution in [-0.4, -0.2) is 64.7 Å². The molecule has 7 heteroatoms. The number of hydrogen-bond donors (Lipinski definition) is 1. The Morgan fingerprint density at radius 2 is 2.13 bits per heavy atom. The van der Waals surface area contributed by atoms with E-state index in [0.29, 0.717) is 26.3 Å². The number of nitrogens with zero attached hydrogens (tertiary/aromatic N) is 4. The Kier molecular flexibility index (Phi) is 6.12. The molecule has 0 radical (unpaired) electrons. The van der Waals surface area contributed by atoms with Crippen LogP contribution in [0.4, 0.5) is 0 Å². The Balaban J connectivity index is 1.80. The largest absolute Gasteiger partial charge is 0.379 e. The van der Waals surface area contributed by atoms with Gasteiger partial charge < -0.3 is 10.1 Å². The van der Waals surface area contributed by atoms with Crippen molar-refractivity contribution in [1.82, 2.24) is 25.2 Å². The van der Waals surface area contributed by atoms with Gasteiger partial charge in [-0.1, -0.05) is 26.0 Å². The van der Waals surface area contributed by atoms with Gasteiger partial charge in [0.05, 0.1) is 32.0 Å². The van der Waals surface area contributed by atoms with Crippen LogP contribution in [0.5, 0.6) is 0 Å². The van der Waals surface area contributed by atoms with Gasteiger partial charge in [-0.3, -0.25) is 14.4 Å². The molecule has 1 aromatic rings. The molecule has 1 saturated heterocycles. The van der Waals surface area contributed by atoms with Crippen LogP contribution in [0.2, 0.25) is 0 Å². The van der Waals surface area contributed by atoms with Crippen LogP contribution >= 0.6 is 0 Å². The second kappa shape index (κ2) is 7.88. The van der Waals surface area contributed by atoms with Gasteiger partial charge >= 0.3 is 0 Å². The topological polar surface area (TPSA) is 72.3 Å². The van der Waals surface area contributed by atoms with Gasteiger partial charge in [0, 0.05) is 30.7 Å².